The number of aryl methyl sites for hydroxylation is 2. The van der Waals surface area contributed by atoms with Crippen LogP contribution >= 0.6 is 11.3 Å². The molecule has 1 heterocycles. The third kappa shape index (κ3) is 3.49. The quantitative estimate of drug-likeness (QED) is 0.775. The molecule has 0 amide bonds. The maximum Gasteiger partial charge on any atom is 0.189 e. The van der Waals surface area contributed by atoms with E-state index in [1.807, 2.05) is 19.9 Å². The van der Waals surface area contributed by atoms with Gasteiger partial charge in [0.15, 0.2) is 5.78 Å². The topological polar surface area (TPSA) is 26.3 Å². The van der Waals surface area contributed by atoms with Gasteiger partial charge in [0.1, 0.15) is 12.4 Å². The second-order valence-electron chi connectivity index (χ2n) is 4.33. The zero-order valence-electron chi connectivity index (χ0n) is 10.9. The Kier molecular flexibility index (Phi) is 4.45. The van der Waals surface area contributed by atoms with E-state index in [0.717, 1.165) is 9.75 Å². The van der Waals surface area contributed by atoms with Crippen molar-refractivity contribution in [1.82, 2.24) is 0 Å². The first-order valence-corrected chi connectivity index (χ1v) is 6.81. The van der Waals surface area contributed by atoms with E-state index in [1.165, 1.54) is 6.07 Å². The minimum atomic E-state index is -0.308. The van der Waals surface area contributed by atoms with Gasteiger partial charge in [0.25, 0.3) is 0 Å². The molecule has 0 aliphatic carbocycles. The van der Waals surface area contributed by atoms with Crippen LogP contribution in [0.2, 0.25) is 0 Å². The Bertz CT molecular complexity index is 590. The summed E-state index contributed by atoms with van der Waals surface area (Å²) in [5.74, 6) is -0.365. The van der Waals surface area contributed by atoms with Crippen molar-refractivity contribution in [2.24, 2.45) is 0 Å². The minimum Gasteiger partial charge on any atom is -0.369 e. The number of thiophene rings is 1. The van der Waals surface area contributed by atoms with Crippen molar-refractivity contribution in [1.29, 1.82) is 0 Å². The van der Waals surface area contributed by atoms with Gasteiger partial charge < -0.3 is 4.74 Å². The fraction of sp³-hybridized carbons (Fsp3) is 0.267. The fourth-order valence-electron chi connectivity index (χ4n) is 1.85. The standard InChI is InChI=1S/C15H15FO2S/c1-10-7-13(11(2)19-10)15(17)9-18-8-12-5-3-4-6-14(12)16/h3-7H,8-9H2,1-2H3. The number of hydrogen-bond donors (Lipinski definition) is 0. The number of benzene rings is 1. The lowest BCUT2D eigenvalue weighted by molar-refractivity contribution is 0.0721. The maximum absolute atomic E-state index is 13.3. The second-order valence-corrected chi connectivity index (χ2v) is 5.79. The molecule has 2 nitrogen and oxygen atoms in total. The SMILES string of the molecule is Cc1cc(C(=O)COCc2ccccc2F)c(C)s1. The maximum atomic E-state index is 13.3. The van der Waals surface area contributed by atoms with Crippen molar-refractivity contribution >= 4 is 17.1 Å². The van der Waals surface area contributed by atoms with E-state index in [2.05, 4.69) is 0 Å². The molecule has 0 bridgehead atoms. The highest BCUT2D eigenvalue weighted by Crippen LogP contribution is 2.21. The highest BCUT2D eigenvalue weighted by molar-refractivity contribution is 7.12. The highest BCUT2D eigenvalue weighted by atomic mass is 32.1. The molecule has 0 saturated carbocycles. The molecule has 0 atom stereocenters. The molecule has 0 aliphatic rings. The zero-order valence-corrected chi connectivity index (χ0v) is 11.7. The van der Waals surface area contributed by atoms with Gasteiger partial charge in [0, 0.05) is 20.9 Å². The Labute approximate surface area is 115 Å². The van der Waals surface area contributed by atoms with E-state index >= 15 is 0 Å². The summed E-state index contributed by atoms with van der Waals surface area (Å²) in [6.07, 6.45) is 0. The first-order chi connectivity index (χ1) is 9.08. The summed E-state index contributed by atoms with van der Waals surface area (Å²) in [6, 6.07) is 8.28. The summed E-state index contributed by atoms with van der Waals surface area (Å²) in [7, 11) is 0. The Hall–Kier alpha value is -1.52. The van der Waals surface area contributed by atoms with Crippen molar-refractivity contribution in [3.8, 4) is 0 Å². The van der Waals surface area contributed by atoms with Crippen LogP contribution < -0.4 is 0 Å². The van der Waals surface area contributed by atoms with Gasteiger partial charge in [-0.15, -0.1) is 11.3 Å². The van der Waals surface area contributed by atoms with Gasteiger partial charge in [0.2, 0.25) is 0 Å². The average molecular weight is 278 g/mol. The molecule has 0 saturated heterocycles. The van der Waals surface area contributed by atoms with Crippen LogP contribution in [0.4, 0.5) is 4.39 Å². The lowest BCUT2D eigenvalue weighted by atomic mass is 10.2. The van der Waals surface area contributed by atoms with Gasteiger partial charge in [-0.2, -0.15) is 0 Å². The Morgan fingerprint density at radius 2 is 2.05 bits per heavy atom. The monoisotopic (exact) mass is 278 g/mol. The van der Waals surface area contributed by atoms with Crippen LogP contribution in [0.5, 0.6) is 0 Å². The number of Topliss-reactive ketones (excluding diaryl/α,β-unsaturated/α-hetero) is 1. The van der Waals surface area contributed by atoms with Gasteiger partial charge in [-0.25, -0.2) is 4.39 Å². The Morgan fingerprint density at radius 3 is 2.68 bits per heavy atom. The number of ether oxygens (including phenoxy) is 1. The Morgan fingerprint density at radius 1 is 1.32 bits per heavy atom. The van der Waals surface area contributed by atoms with Crippen LogP contribution in [0, 0.1) is 19.7 Å². The van der Waals surface area contributed by atoms with Crippen LogP contribution in [0.15, 0.2) is 30.3 Å². The number of carbonyl (C=O) groups is 1. The molecule has 0 unspecified atom stereocenters. The van der Waals surface area contributed by atoms with Crippen LogP contribution in [0.25, 0.3) is 0 Å². The van der Waals surface area contributed by atoms with Crippen LogP contribution in [0.1, 0.15) is 25.7 Å². The number of halogens is 1. The molecule has 0 radical (unpaired) electrons. The summed E-state index contributed by atoms with van der Waals surface area (Å²) in [5, 5.41) is 0. The zero-order chi connectivity index (χ0) is 13.8. The lowest BCUT2D eigenvalue weighted by Gasteiger charge is -2.04. The van der Waals surface area contributed by atoms with Crippen LogP contribution in [0.3, 0.4) is 0 Å². The van der Waals surface area contributed by atoms with Crippen LogP contribution in [-0.2, 0) is 11.3 Å². The average Bonchev–Trinajstić information content (AvgIpc) is 2.71. The molecule has 2 rings (SSSR count). The third-order valence-corrected chi connectivity index (χ3v) is 3.76. The van der Waals surface area contributed by atoms with E-state index in [0.29, 0.717) is 11.1 Å². The molecule has 0 spiro atoms. The van der Waals surface area contributed by atoms with E-state index < -0.39 is 0 Å². The first-order valence-electron chi connectivity index (χ1n) is 5.99. The van der Waals surface area contributed by atoms with Gasteiger partial charge >= 0.3 is 0 Å². The molecular formula is C15H15FO2S. The highest BCUT2D eigenvalue weighted by Gasteiger charge is 2.12. The smallest absolute Gasteiger partial charge is 0.189 e. The van der Waals surface area contributed by atoms with E-state index in [-0.39, 0.29) is 24.8 Å². The largest absolute Gasteiger partial charge is 0.369 e. The molecule has 1 aromatic carbocycles. The molecule has 19 heavy (non-hydrogen) atoms. The van der Waals surface area contributed by atoms with Gasteiger partial charge in [-0.1, -0.05) is 18.2 Å². The molecule has 1 aromatic heterocycles. The van der Waals surface area contributed by atoms with Crippen LogP contribution in [-0.4, -0.2) is 12.4 Å². The third-order valence-electron chi connectivity index (χ3n) is 2.79. The van der Waals surface area contributed by atoms with Crippen molar-refractivity contribution in [3.05, 3.63) is 57.0 Å². The van der Waals surface area contributed by atoms with Crippen molar-refractivity contribution in [2.45, 2.75) is 20.5 Å². The minimum absolute atomic E-state index is 0.0225. The Balaban J connectivity index is 1.91. The van der Waals surface area contributed by atoms with Gasteiger partial charge in [0.05, 0.1) is 6.61 Å². The molecule has 2 aromatic rings. The van der Waals surface area contributed by atoms with Crippen molar-refractivity contribution < 1.29 is 13.9 Å². The summed E-state index contributed by atoms with van der Waals surface area (Å²) in [5.41, 5.74) is 1.17. The number of hydrogen-bond acceptors (Lipinski definition) is 3. The van der Waals surface area contributed by atoms with Gasteiger partial charge in [-0.05, 0) is 26.0 Å². The summed E-state index contributed by atoms with van der Waals surface area (Å²) < 4.78 is 18.6. The summed E-state index contributed by atoms with van der Waals surface area (Å²) in [4.78, 5) is 14.0. The normalized spacial score (nSPS) is 10.7. The summed E-state index contributed by atoms with van der Waals surface area (Å²) in [6.45, 7) is 3.97. The lowest BCUT2D eigenvalue weighted by Crippen LogP contribution is -2.09. The molecule has 100 valence electrons. The molecular weight excluding hydrogens is 263 g/mol. The number of ketones is 1. The van der Waals surface area contributed by atoms with Gasteiger partial charge in [-0.3, -0.25) is 4.79 Å². The number of rotatable bonds is 5. The fourth-order valence-corrected chi connectivity index (χ4v) is 2.80. The molecule has 0 aliphatic heterocycles. The molecule has 0 N–H and O–H groups in total. The second kappa shape index (κ2) is 6.08. The van der Waals surface area contributed by atoms with E-state index in [4.69, 9.17) is 4.74 Å². The van der Waals surface area contributed by atoms with Crippen molar-refractivity contribution in [3.63, 3.8) is 0 Å². The first kappa shape index (κ1) is 13.9. The van der Waals surface area contributed by atoms with Crippen molar-refractivity contribution in [2.75, 3.05) is 6.61 Å². The molecule has 4 heteroatoms. The predicted molar refractivity (Wildman–Crippen MR) is 74.2 cm³/mol. The number of carbonyl (C=O) groups excluding carboxylic acids is 1. The van der Waals surface area contributed by atoms with E-state index in [1.54, 1.807) is 29.5 Å². The van der Waals surface area contributed by atoms with E-state index in [9.17, 15) is 9.18 Å². The predicted octanol–water partition coefficient (Wildman–Crippen LogP) is 3.90. The molecule has 0 fully saturated rings. The summed E-state index contributed by atoms with van der Waals surface area (Å²) >= 11 is 1.59.